The monoisotopic (exact) mass is 384 g/mol. The molecule has 1 aromatic rings. The Morgan fingerprint density at radius 2 is 1.70 bits per heavy atom. The molecule has 4 atom stereocenters. The molecule has 1 aliphatic carbocycles. The first kappa shape index (κ1) is 20.5. The Morgan fingerprint density at radius 3 is 2.15 bits per heavy atom. The Morgan fingerprint density at radius 1 is 1.11 bits per heavy atom. The van der Waals surface area contributed by atoms with E-state index in [1.165, 1.54) is 0 Å². The molecule has 2 bridgehead atoms. The predicted octanol–water partition coefficient (Wildman–Crippen LogP) is 6.22. The Balaban J connectivity index is 2.10. The molecule has 5 heteroatoms. The summed E-state index contributed by atoms with van der Waals surface area (Å²) in [5.41, 5.74) is 1.39. The van der Waals surface area contributed by atoms with Gasteiger partial charge in [-0.1, -0.05) is 47.6 Å². The molecular formula is C22H31F3O2. The van der Waals surface area contributed by atoms with Crippen molar-refractivity contribution in [3.8, 4) is 5.75 Å². The van der Waals surface area contributed by atoms with Crippen molar-refractivity contribution in [2.24, 2.45) is 16.7 Å². The summed E-state index contributed by atoms with van der Waals surface area (Å²) in [6.45, 7) is 14.2. The lowest BCUT2D eigenvalue weighted by atomic mass is 9.62. The van der Waals surface area contributed by atoms with Gasteiger partial charge in [-0.3, -0.25) is 0 Å². The molecule has 27 heavy (non-hydrogen) atoms. The van der Waals surface area contributed by atoms with Gasteiger partial charge < -0.3 is 9.47 Å². The van der Waals surface area contributed by atoms with Gasteiger partial charge in [0.1, 0.15) is 18.5 Å². The summed E-state index contributed by atoms with van der Waals surface area (Å²) < 4.78 is 53.9. The van der Waals surface area contributed by atoms with Crippen LogP contribution in [0.15, 0.2) is 12.1 Å². The smallest absolute Gasteiger partial charge is 0.392 e. The number of hydrogen-bond donors (Lipinski definition) is 0. The Labute approximate surface area is 160 Å². The van der Waals surface area contributed by atoms with Gasteiger partial charge in [-0.05, 0) is 46.4 Å². The van der Waals surface area contributed by atoms with E-state index in [0.29, 0.717) is 19.0 Å². The lowest BCUT2D eigenvalue weighted by molar-refractivity contribution is -0.210. The molecule has 152 valence electrons. The van der Waals surface area contributed by atoms with Gasteiger partial charge in [0.05, 0.1) is 12.5 Å². The van der Waals surface area contributed by atoms with Crippen LogP contribution in [-0.2, 0) is 4.74 Å². The van der Waals surface area contributed by atoms with E-state index in [2.05, 4.69) is 0 Å². The van der Waals surface area contributed by atoms with Crippen molar-refractivity contribution in [3.05, 3.63) is 28.8 Å². The van der Waals surface area contributed by atoms with Gasteiger partial charge in [-0.25, -0.2) is 0 Å². The van der Waals surface area contributed by atoms with E-state index in [1.54, 1.807) is 20.8 Å². The van der Waals surface area contributed by atoms with Crippen molar-refractivity contribution in [1.29, 1.82) is 0 Å². The zero-order valence-corrected chi connectivity index (χ0v) is 17.3. The molecular weight excluding hydrogens is 353 g/mol. The third-order valence-corrected chi connectivity index (χ3v) is 5.90. The number of epoxide rings is 1. The number of fused-ring (bicyclic) bond motifs is 2. The average Bonchev–Trinajstić information content (AvgIpc) is 3.21. The highest BCUT2D eigenvalue weighted by molar-refractivity contribution is 5.53. The summed E-state index contributed by atoms with van der Waals surface area (Å²) in [6.07, 6.45) is -4.15. The zero-order valence-electron chi connectivity index (χ0n) is 17.3. The van der Waals surface area contributed by atoms with Gasteiger partial charge in [0, 0.05) is 5.92 Å². The Hall–Kier alpha value is -1.23. The minimum Gasteiger partial charge on any atom is -0.490 e. The maximum absolute atomic E-state index is 14.3. The molecule has 4 unspecified atom stereocenters. The predicted molar refractivity (Wildman–Crippen MR) is 100 cm³/mol. The fourth-order valence-electron chi connectivity index (χ4n) is 4.78. The van der Waals surface area contributed by atoms with Gasteiger partial charge >= 0.3 is 6.18 Å². The van der Waals surface area contributed by atoms with Crippen LogP contribution in [0, 0.1) is 23.7 Å². The summed E-state index contributed by atoms with van der Waals surface area (Å²) in [5, 5.41) is 0. The van der Waals surface area contributed by atoms with Crippen molar-refractivity contribution in [3.63, 3.8) is 0 Å². The van der Waals surface area contributed by atoms with Gasteiger partial charge in [-0.15, -0.1) is 0 Å². The summed E-state index contributed by atoms with van der Waals surface area (Å²) in [6, 6.07) is 3.92. The lowest BCUT2D eigenvalue weighted by Crippen LogP contribution is -2.42. The average molecular weight is 384 g/mol. The SMILES string of the molecule is Cc1c(OCC2CO2)cc2cc1C(C(C(C)(C)C)C(F)(F)F)C2C(C)(C)C. The quantitative estimate of drug-likeness (QED) is 0.575. The molecule has 0 spiro atoms. The molecule has 3 rings (SSSR count). The molecule has 0 amide bonds. The first-order chi connectivity index (χ1) is 12.2. The van der Waals surface area contributed by atoms with Crippen LogP contribution >= 0.6 is 0 Å². The topological polar surface area (TPSA) is 21.8 Å². The summed E-state index contributed by atoms with van der Waals surface area (Å²) >= 11 is 0. The van der Waals surface area contributed by atoms with E-state index >= 15 is 0 Å². The third-order valence-electron chi connectivity index (χ3n) is 5.90. The van der Waals surface area contributed by atoms with E-state index in [-0.39, 0.29) is 17.4 Å². The first-order valence-electron chi connectivity index (χ1n) is 9.67. The molecule has 0 radical (unpaired) electrons. The van der Waals surface area contributed by atoms with Gasteiger partial charge in [0.25, 0.3) is 0 Å². The Bertz CT molecular complexity index is 692. The highest BCUT2D eigenvalue weighted by Gasteiger charge is 2.57. The maximum Gasteiger partial charge on any atom is 0.392 e. The van der Waals surface area contributed by atoms with E-state index in [0.717, 1.165) is 16.7 Å². The molecule has 1 aromatic carbocycles. The van der Waals surface area contributed by atoms with E-state index in [4.69, 9.17) is 9.47 Å². The fourth-order valence-corrected chi connectivity index (χ4v) is 4.78. The van der Waals surface area contributed by atoms with Crippen LogP contribution in [0.2, 0.25) is 0 Å². The standard InChI is InChI=1S/C22H31F3O2/c1-12-15-8-13(9-16(12)27-11-14-10-26-14)18(20(2,3)4)17(15)19(21(5,6)7)22(23,24)25/h8-9,14,17-19H,10-11H2,1-7H3. The lowest BCUT2D eigenvalue weighted by Gasteiger charge is -2.43. The number of alkyl halides is 3. The summed E-state index contributed by atoms with van der Waals surface area (Å²) in [5.74, 6) is -1.53. The third kappa shape index (κ3) is 3.98. The van der Waals surface area contributed by atoms with Crippen molar-refractivity contribution in [1.82, 2.24) is 0 Å². The number of halogens is 3. The van der Waals surface area contributed by atoms with Crippen LogP contribution in [0.1, 0.15) is 70.1 Å². The van der Waals surface area contributed by atoms with Crippen LogP contribution < -0.4 is 4.74 Å². The van der Waals surface area contributed by atoms with E-state index < -0.39 is 23.4 Å². The van der Waals surface area contributed by atoms with Crippen LogP contribution in [0.5, 0.6) is 5.75 Å². The van der Waals surface area contributed by atoms with Crippen molar-refractivity contribution >= 4 is 0 Å². The van der Waals surface area contributed by atoms with Crippen molar-refractivity contribution in [2.75, 3.05) is 13.2 Å². The number of rotatable bonds is 4. The second kappa shape index (κ2) is 6.40. The Kier molecular flexibility index (Phi) is 4.86. The molecule has 1 heterocycles. The summed E-state index contributed by atoms with van der Waals surface area (Å²) in [7, 11) is 0. The summed E-state index contributed by atoms with van der Waals surface area (Å²) in [4.78, 5) is 0. The highest BCUT2D eigenvalue weighted by Crippen LogP contribution is 2.61. The van der Waals surface area contributed by atoms with Crippen molar-refractivity contribution < 1.29 is 22.6 Å². The molecule has 1 aliphatic heterocycles. The minimum absolute atomic E-state index is 0.115. The second-order valence-corrected chi connectivity index (χ2v) is 10.3. The number of benzene rings is 1. The first-order valence-corrected chi connectivity index (χ1v) is 9.67. The van der Waals surface area contributed by atoms with Crippen LogP contribution in [0.3, 0.4) is 0 Å². The molecule has 0 N–H and O–H groups in total. The number of ether oxygens (including phenoxy) is 2. The number of hydrogen-bond acceptors (Lipinski definition) is 2. The normalized spacial score (nSPS) is 26.2. The largest absolute Gasteiger partial charge is 0.490 e. The molecule has 1 saturated heterocycles. The molecule has 0 aromatic heterocycles. The maximum atomic E-state index is 14.3. The van der Waals surface area contributed by atoms with Crippen LogP contribution in [0.4, 0.5) is 13.2 Å². The minimum atomic E-state index is -4.27. The molecule has 2 aliphatic rings. The molecule has 0 saturated carbocycles. The molecule has 1 fully saturated rings. The van der Waals surface area contributed by atoms with E-state index in [9.17, 15) is 13.2 Å². The van der Waals surface area contributed by atoms with Crippen LogP contribution in [-0.4, -0.2) is 25.5 Å². The fraction of sp³-hybridized carbons (Fsp3) is 0.727. The van der Waals surface area contributed by atoms with Crippen LogP contribution in [0.25, 0.3) is 0 Å². The van der Waals surface area contributed by atoms with Gasteiger partial charge in [0.2, 0.25) is 0 Å². The second-order valence-electron chi connectivity index (χ2n) is 10.3. The van der Waals surface area contributed by atoms with E-state index in [1.807, 2.05) is 39.8 Å². The molecule has 2 nitrogen and oxygen atoms in total. The zero-order chi connectivity index (χ0) is 20.4. The highest BCUT2D eigenvalue weighted by atomic mass is 19.4. The van der Waals surface area contributed by atoms with Gasteiger partial charge in [-0.2, -0.15) is 13.2 Å². The van der Waals surface area contributed by atoms with Gasteiger partial charge in [0.15, 0.2) is 0 Å². The van der Waals surface area contributed by atoms with Crippen molar-refractivity contribution in [2.45, 2.75) is 72.6 Å².